The van der Waals surface area contributed by atoms with E-state index in [2.05, 4.69) is 31.1 Å². The van der Waals surface area contributed by atoms with Crippen molar-refractivity contribution in [2.24, 2.45) is 0 Å². The zero-order valence-corrected chi connectivity index (χ0v) is 10.6. The van der Waals surface area contributed by atoms with Gasteiger partial charge in [0.05, 0.1) is 0 Å². The monoisotopic (exact) mass is 258 g/mol. The first-order chi connectivity index (χ1) is 9.24. The molecule has 0 fully saturated rings. The van der Waals surface area contributed by atoms with Crippen LogP contribution in [0.15, 0.2) is 30.3 Å². The summed E-state index contributed by atoms with van der Waals surface area (Å²) in [5.74, 6) is 0.353. The van der Waals surface area contributed by atoms with E-state index in [4.69, 9.17) is 0 Å². The number of nitrogens with zero attached hydrogens (tertiary/aromatic N) is 3. The maximum Gasteiger partial charge on any atom is 0.275 e. The van der Waals surface area contributed by atoms with Gasteiger partial charge in [-0.3, -0.25) is 4.79 Å². The number of rotatable bonds is 4. The van der Waals surface area contributed by atoms with E-state index in [0.29, 0.717) is 11.8 Å². The van der Waals surface area contributed by atoms with Crippen molar-refractivity contribution in [3.8, 4) is 0 Å². The third-order valence-electron chi connectivity index (χ3n) is 2.40. The van der Waals surface area contributed by atoms with Gasteiger partial charge in [-0.2, -0.15) is 4.98 Å². The molecular formula is C12H14N6O. The Balaban J connectivity index is 2.27. The van der Waals surface area contributed by atoms with Crippen LogP contribution in [-0.2, 0) is 0 Å². The van der Waals surface area contributed by atoms with E-state index in [9.17, 15) is 4.79 Å². The SMILES string of the molecule is CNC(=O)c1nnc(Nc2ccccc2)nc1NC. The summed E-state index contributed by atoms with van der Waals surface area (Å²) in [6, 6.07) is 9.48. The predicted molar refractivity (Wildman–Crippen MR) is 72.5 cm³/mol. The Hall–Kier alpha value is -2.70. The van der Waals surface area contributed by atoms with Crippen molar-refractivity contribution in [3.63, 3.8) is 0 Å². The van der Waals surface area contributed by atoms with Gasteiger partial charge >= 0.3 is 0 Å². The number of para-hydroxylation sites is 1. The van der Waals surface area contributed by atoms with E-state index in [-0.39, 0.29) is 11.6 Å². The molecule has 2 rings (SSSR count). The molecule has 0 aliphatic heterocycles. The normalized spacial score (nSPS) is 9.79. The van der Waals surface area contributed by atoms with Crippen LogP contribution in [0.2, 0.25) is 0 Å². The van der Waals surface area contributed by atoms with Crippen LogP contribution in [-0.4, -0.2) is 35.2 Å². The van der Waals surface area contributed by atoms with Crippen molar-refractivity contribution < 1.29 is 4.79 Å². The molecule has 0 spiro atoms. The minimum absolute atomic E-state index is 0.156. The van der Waals surface area contributed by atoms with Gasteiger partial charge in [0.1, 0.15) is 0 Å². The Morgan fingerprint density at radius 3 is 2.47 bits per heavy atom. The molecule has 0 unspecified atom stereocenters. The van der Waals surface area contributed by atoms with Crippen LogP contribution in [0.5, 0.6) is 0 Å². The lowest BCUT2D eigenvalue weighted by Crippen LogP contribution is -2.22. The zero-order chi connectivity index (χ0) is 13.7. The molecule has 0 bridgehead atoms. The van der Waals surface area contributed by atoms with Crippen LogP contribution in [0.25, 0.3) is 0 Å². The minimum atomic E-state index is -0.337. The molecule has 0 saturated heterocycles. The van der Waals surface area contributed by atoms with Gasteiger partial charge in [0.15, 0.2) is 11.5 Å². The fraction of sp³-hybridized carbons (Fsp3) is 0.167. The van der Waals surface area contributed by atoms with E-state index in [1.807, 2.05) is 30.3 Å². The molecule has 3 N–H and O–H groups in total. The molecule has 1 amide bonds. The second kappa shape index (κ2) is 5.76. The number of nitrogens with one attached hydrogen (secondary N) is 3. The first kappa shape index (κ1) is 12.7. The number of amides is 1. The van der Waals surface area contributed by atoms with E-state index in [1.54, 1.807) is 7.05 Å². The summed E-state index contributed by atoms with van der Waals surface area (Å²) in [5.41, 5.74) is 1.00. The number of carbonyl (C=O) groups is 1. The highest BCUT2D eigenvalue weighted by atomic mass is 16.1. The smallest absolute Gasteiger partial charge is 0.275 e. The lowest BCUT2D eigenvalue weighted by molar-refractivity contribution is 0.0957. The molecule has 0 saturated carbocycles. The Labute approximate surface area is 110 Å². The Morgan fingerprint density at radius 2 is 1.84 bits per heavy atom. The minimum Gasteiger partial charge on any atom is -0.371 e. The standard InChI is InChI=1S/C12H14N6O/c1-13-10-9(11(19)14-2)17-18-12(16-10)15-8-6-4-3-5-7-8/h3-7H,1-2H3,(H,14,19)(H2,13,15,16,18). The van der Waals surface area contributed by atoms with Gasteiger partial charge in [0.2, 0.25) is 5.95 Å². The molecule has 1 heterocycles. The largest absolute Gasteiger partial charge is 0.371 e. The molecule has 1 aromatic carbocycles. The molecule has 1 aromatic heterocycles. The van der Waals surface area contributed by atoms with Crippen molar-refractivity contribution in [2.45, 2.75) is 0 Å². The van der Waals surface area contributed by atoms with Crippen LogP contribution in [0.1, 0.15) is 10.5 Å². The molecule has 0 aliphatic rings. The molecule has 19 heavy (non-hydrogen) atoms. The fourth-order valence-electron chi connectivity index (χ4n) is 1.48. The fourth-order valence-corrected chi connectivity index (χ4v) is 1.48. The number of aromatic nitrogens is 3. The molecule has 0 atom stereocenters. The molecule has 7 heteroatoms. The van der Waals surface area contributed by atoms with E-state index in [0.717, 1.165) is 5.69 Å². The number of benzene rings is 1. The summed E-state index contributed by atoms with van der Waals surface area (Å²) in [7, 11) is 3.20. The second-order valence-corrected chi connectivity index (χ2v) is 3.65. The summed E-state index contributed by atoms with van der Waals surface area (Å²) < 4.78 is 0. The average Bonchev–Trinajstić information content (AvgIpc) is 2.47. The van der Waals surface area contributed by atoms with Crippen LogP contribution in [0.4, 0.5) is 17.5 Å². The summed E-state index contributed by atoms with van der Waals surface area (Å²) >= 11 is 0. The summed E-state index contributed by atoms with van der Waals surface area (Å²) in [6.07, 6.45) is 0. The number of hydrogen-bond acceptors (Lipinski definition) is 6. The van der Waals surface area contributed by atoms with E-state index >= 15 is 0 Å². The Bertz CT molecular complexity index is 572. The summed E-state index contributed by atoms with van der Waals surface area (Å²) in [4.78, 5) is 15.7. The third-order valence-corrected chi connectivity index (χ3v) is 2.40. The summed E-state index contributed by atoms with van der Waals surface area (Å²) in [6.45, 7) is 0. The van der Waals surface area contributed by atoms with E-state index < -0.39 is 0 Å². The highest BCUT2D eigenvalue weighted by Crippen LogP contribution is 2.14. The van der Waals surface area contributed by atoms with Crippen molar-refractivity contribution in [1.29, 1.82) is 0 Å². The average molecular weight is 258 g/mol. The maximum absolute atomic E-state index is 11.5. The molecule has 0 aliphatic carbocycles. The van der Waals surface area contributed by atoms with Crippen LogP contribution in [0.3, 0.4) is 0 Å². The van der Waals surface area contributed by atoms with Gasteiger partial charge in [-0.05, 0) is 12.1 Å². The van der Waals surface area contributed by atoms with Gasteiger partial charge in [0, 0.05) is 19.8 Å². The second-order valence-electron chi connectivity index (χ2n) is 3.65. The van der Waals surface area contributed by atoms with Crippen molar-refractivity contribution in [1.82, 2.24) is 20.5 Å². The van der Waals surface area contributed by atoms with Gasteiger partial charge < -0.3 is 16.0 Å². The maximum atomic E-state index is 11.5. The first-order valence-electron chi connectivity index (χ1n) is 5.71. The van der Waals surface area contributed by atoms with Gasteiger partial charge in [0.25, 0.3) is 5.91 Å². The topological polar surface area (TPSA) is 91.8 Å². The number of carbonyl (C=O) groups excluding carboxylic acids is 1. The highest BCUT2D eigenvalue weighted by molar-refractivity contribution is 5.96. The van der Waals surface area contributed by atoms with Gasteiger partial charge in [-0.1, -0.05) is 18.2 Å². The molecule has 98 valence electrons. The van der Waals surface area contributed by atoms with Gasteiger partial charge in [-0.15, -0.1) is 10.2 Å². The Morgan fingerprint density at radius 1 is 1.11 bits per heavy atom. The number of hydrogen-bond donors (Lipinski definition) is 3. The molecular weight excluding hydrogens is 244 g/mol. The molecule has 0 radical (unpaired) electrons. The van der Waals surface area contributed by atoms with E-state index in [1.165, 1.54) is 7.05 Å². The quantitative estimate of drug-likeness (QED) is 0.758. The predicted octanol–water partition coefficient (Wildman–Crippen LogP) is 1.02. The lowest BCUT2D eigenvalue weighted by atomic mass is 10.3. The van der Waals surface area contributed by atoms with Crippen LogP contribution in [0, 0.1) is 0 Å². The third kappa shape index (κ3) is 2.95. The van der Waals surface area contributed by atoms with Crippen LogP contribution < -0.4 is 16.0 Å². The van der Waals surface area contributed by atoms with Gasteiger partial charge in [-0.25, -0.2) is 0 Å². The first-order valence-corrected chi connectivity index (χ1v) is 5.71. The Kier molecular flexibility index (Phi) is 3.87. The molecule has 7 nitrogen and oxygen atoms in total. The molecule has 2 aromatic rings. The van der Waals surface area contributed by atoms with Crippen LogP contribution >= 0.6 is 0 Å². The zero-order valence-electron chi connectivity index (χ0n) is 10.6. The highest BCUT2D eigenvalue weighted by Gasteiger charge is 2.14. The van der Waals surface area contributed by atoms with Crippen molar-refractivity contribution >= 4 is 23.4 Å². The summed E-state index contributed by atoms with van der Waals surface area (Å²) in [5, 5.41) is 16.1. The lowest BCUT2D eigenvalue weighted by Gasteiger charge is -2.08. The van der Waals surface area contributed by atoms with Crippen molar-refractivity contribution in [2.75, 3.05) is 24.7 Å². The number of anilines is 3. The van der Waals surface area contributed by atoms with Crippen molar-refractivity contribution in [3.05, 3.63) is 36.0 Å².